The molecule has 0 fully saturated rings. The highest BCUT2D eigenvalue weighted by Crippen LogP contribution is 2.17. The van der Waals surface area contributed by atoms with Crippen LogP contribution in [0.15, 0.2) is 33.3 Å². The summed E-state index contributed by atoms with van der Waals surface area (Å²) in [5.41, 5.74) is 0.460. The topological polar surface area (TPSA) is 115 Å². The smallest absolute Gasteiger partial charge is 0.330 e. The molecule has 2 N–H and O–H groups in total. The highest BCUT2D eigenvalue weighted by molar-refractivity contribution is 9.10. The van der Waals surface area contributed by atoms with Gasteiger partial charge in [0.1, 0.15) is 13.2 Å². The fourth-order valence-electron chi connectivity index (χ4n) is 1.78. The third-order valence-electron chi connectivity index (χ3n) is 2.78. The largest absolute Gasteiger partial charge is 0.479 e. The molecule has 1 atom stereocenters. The van der Waals surface area contributed by atoms with Crippen LogP contribution in [-0.4, -0.2) is 33.7 Å². The van der Waals surface area contributed by atoms with Gasteiger partial charge in [0.15, 0.2) is 11.9 Å². The summed E-state index contributed by atoms with van der Waals surface area (Å²) in [6, 6.07) is 5.48. The lowest BCUT2D eigenvalue weighted by atomic mass is 10.1. The molecule has 1 amide bonds. The summed E-state index contributed by atoms with van der Waals surface area (Å²) in [6.45, 7) is 1.32. The molecule has 122 valence electrons. The minimum Gasteiger partial charge on any atom is -0.479 e. The summed E-state index contributed by atoms with van der Waals surface area (Å²) < 4.78 is 10.8. The van der Waals surface area contributed by atoms with Crippen LogP contribution in [0.2, 0.25) is 0 Å². The molecule has 1 aromatic heterocycles. The molecule has 9 heteroatoms. The van der Waals surface area contributed by atoms with Crippen molar-refractivity contribution in [2.45, 2.75) is 19.6 Å². The molecule has 0 aliphatic rings. The highest BCUT2D eigenvalue weighted by atomic mass is 79.9. The lowest BCUT2D eigenvalue weighted by Crippen LogP contribution is -2.36. The van der Waals surface area contributed by atoms with Gasteiger partial charge in [-0.2, -0.15) is 4.98 Å². The molecule has 0 aliphatic carbocycles. The molecule has 0 saturated heterocycles. The summed E-state index contributed by atoms with van der Waals surface area (Å²) in [6.07, 6.45) is 0. The maximum Gasteiger partial charge on any atom is 0.330 e. The van der Waals surface area contributed by atoms with Crippen molar-refractivity contribution in [3.63, 3.8) is 0 Å². The lowest BCUT2D eigenvalue weighted by molar-refractivity contribution is -0.142. The average molecular weight is 384 g/mol. The minimum absolute atomic E-state index is 0.0235. The van der Waals surface area contributed by atoms with E-state index in [4.69, 9.17) is 9.26 Å². The van der Waals surface area contributed by atoms with Gasteiger partial charge in [-0.3, -0.25) is 4.79 Å². The Balaban J connectivity index is 1.88. The summed E-state index contributed by atoms with van der Waals surface area (Å²) in [5, 5.41) is 15.2. The number of carboxylic acids is 1. The molecule has 2 aromatic rings. The molecule has 0 aliphatic heterocycles. The third-order valence-corrected chi connectivity index (χ3v) is 3.31. The van der Waals surface area contributed by atoms with Gasteiger partial charge in [-0.25, -0.2) is 4.79 Å². The number of amides is 1. The van der Waals surface area contributed by atoms with E-state index in [0.29, 0.717) is 11.4 Å². The van der Waals surface area contributed by atoms with Crippen LogP contribution in [0.1, 0.15) is 23.3 Å². The second-order valence-corrected chi connectivity index (χ2v) is 5.53. The third kappa shape index (κ3) is 5.15. The maximum absolute atomic E-state index is 11.8. The first-order chi connectivity index (χ1) is 11.0. The van der Waals surface area contributed by atoms with Crippen molar-refractivity contribution in [1.82, 2.24) is 15.5 Å². The first-order valence-corrected chi connectivity index (χ1v) is 7.39. The van der Waals surface area contributed by atoms with Crippen LogP contribution in [-0.2, 0) is 20.9 Å². The van der Waals surface area contributed by atoms with Crippen molar-refractivity contribution in [1.29, 1.82) is 0 Å². The fourth-order valence-corrected chi connectivity index (χ4v) is 2.04. The van der Waals surface area contributed by atoms with Crippen molar-refractivity contribution < 1.29 is 24.0 Å². The van der Waals surface area contributed by atoms with Crippen LogP contribution < -0.4 is 5.32 Å². The molecule has 1 heterocycles. The number of hydrogen-bond donors (Lipinski definition) is 2. The summed E-state index contributed by atoms with van der Waals surface area (Å²) >= 11 is 3.27. The number of ether oxygens (including phenoxy) is 1. The first-order valence-electron chi connectivity index (χ1n) is 6.60. The predicted molar refractivity (Wildman–Crippen MR) is 81.4 cm³/mol. The van der Waals surface area contributed by atoms with E-state index in [9.17, 15) is 14.7 Å². The Morgan fingerprint density at radius 1 is 1.39 bits per heavy atom. The molecule has 0 radical (unpaired) electrons. The number of aryl methyl sites for hydroxylation is 1. The molecule has 23 heavy (non-hydrogen) atoms. The monoisotopic (exact) mass is 383 g/mol. The molecular weight excluding hydrogens is 370 g/mol. The normalized spacial score (nSPS) is 11.9. The number of nitrogens with zero attached hydrogens (tertiary/aromatic N) is 2. The Kier molecular flexibility index (Phi) is 5.83. The van der Waals surface area contributed by atoms with Crippen molar-refractivity contribution in [3.05, 3.63) is 46.0 Å². The van der Waals surface area contributed by atoms with Crippen LogP contribution in [0.5, 0.6) is 0 Å². The zero-order valence-electron chi connectivity index (χ0n) is 12.2. The second kappa shape index (κ2) is 7.84. The van der Waals surface area contributed by atoms with Crippen LogP contribution in [0.4, 0.5) is 0 Å². The van der Waals surface area contributed by atoms with E-state index in [-0.39, 0.29) is 19.1 Å². The van der Waals surface area contributed by atoms with E-state index in [1.54, 1.807) is 31.2 Å². The molecule has 1 unspecified atom stereocenters. The van der Waals surface area contributed by atoms with Crippen molar-refractivity contribution in [2.75, 3.05) is 6.61 Å². The van der Waals surface area contributed by atoms with Gasteiger partial charge in [-0.1, -0.05) is 33.2 Å². The van der Waals surface area contributed by atoms with E-state index in [2.05, 4.69) is 31.4 Å². The van der Waals surface area contributed by atoms with E-state index in [1.165, 1.54) is 0 Å². The van der Waals surface area contributed by atoms with Gasteiger partial charge < -0.3 is 19.7 Å². The number of carbonyl (C=O) groups excluding carboxylic acids is 1. The van der Waals surface area contributed by atoms with Crippen molar-refractivity contribution in [3.8, 4) is 0 Å². The van der Waals surface area contributed by atoms with Gasteiger partial charge in [-0.15, -0.1) is 0 Å². The van der Waals surface area contributed by atoms with E-state index >= 15 is 0 Å². The molecule has 1 aromatic carbocycles. The number of halogens is 1. The molecule has 8 nitrogen and oxygen atoms in total. The summed E-state index contributed by atoms with van der Waals surface area (Å²) in [7, 11) is 0. The van der Waals surface area contributed by atoms with Gasteiger partial charge in [0, 0.05) is 4.47 Å². The van der Waals surface area contributed by atoms with E-state index in [0.717, 1.165) is 4.47 Å². The number of aliphatic carboxylic acids is 1. The minimum atomic E-state index is -1.16. The first kappa shape index (κ1) is 17.1. The number of carboxylic acid groups (broad SMARTS) is 1. The number of aromatic nitrogens is 2. The maximum atomic E-state index is 11.8. The number of carbonyl (C=O) groups is 2. The van der Waals surface area contributed by atoms with Gasteiger partial charge in [0.2, 0.25) is 5.91 Å². The van der Waals surface area contributed by atoms with Crippen LogP contribution in [0, 0.1) is 6.92 Å². The SMILES string of the molecule is Cc1noc(COCC(=O)NC(C(=O)O)c2ccc(Br)cc2)n1. The fraction of sp³-hybridized carbons (Fsp3) is 0.286. The number of benzene rings is 1. The van der Waals surface area contributed by atoms with Crippen molar-refractivity contribution >= 4 is 27.8 Å². The summed E-state index contributed by atoms with van der Waals surface area (Å²) in [5.74, 6) is -1.00. The Morgan fingerprint density at radius 2 is 2.09 bits per heavy atom. The average Bonchev–Trinajstić information content (AvgIpc) is 2.91. The van der Waals surface area contributed by atoms with Crippen molar-refractivity contribution in [2.24, 2.45) is 0 Å². The standard InChI is InChI=1S/C14H14BrN3O5/c1-8-16-12(23-18-8)7-22-6-11(19)17-13(14(20)21)9-2-4-10(15)5-3-9/h2-5,13H,6-7H2,1H3,(H,17,19)(H,20,21). The predicted octanol–water partition coefficient (Wildman–Crippen LogP) is 1.60. The lowest BCUT2D eigenvalue weighted by Gasteiger charge is -2.15. The molecule has 2 rings (SSSR count). The zero-order valence-corrected chi connectivity index (χ0v) is 13.7. The van der Waals surface area contributed by atoms with Gasteiger partial charge in [0.05, 0.1) is 0 Å². The molecule has 0 bridgehead atoms. The van der Waals surface area contributed by atoms with Crippen LogP contribution in [0.3, 0.4) is 0 Å². The number of rotatable bonds is 7. The van der Waals surface area contributed by atoms with Crippen LogP contribution in [0.25, 0.3) is 0 Å². The zero-order chi connectivity index (χ0) is 16.8. The molecular formula is C14H14BrN3O5. The highest BCUT2D eigenvalue weighted by Gasteiger charge is 2.22. The van der Waals surface area contributed by atoms with Gasteiger partial charge in [-0.05, 0) is 24.6 Å². The summed E-state index contributed by atoms with van der Waals surface area (Å²) in [4.78, 5) is 27.1. The second-order valence-electron chi connectivity index (χ2n) is 4.62. The number of hydrogen-bond acceptors (Lipinski definition) is 6. The Labute approximate surface area is 140 Å². The van der Waals surface area contributed by atoms with E-state index in [1.807, 2.05) is 0 Å². The Bertz CT molecular complexity index is 686. The van der Waals surface area contributed by atoms with Crippen LogP contribution >= 0.6 is 15.9 Å². The Morgan fingerprint density at radius 3 is 2.65 bits per heavy atom. The molecule has 0 spiro atoms. The van der Waals surface area contributed by atoms with E-state index < -0.39 is 17.9 Å². The van der Waals surface area contributed by atoms with Gasteiger partial charge in [0.25, 0.3) is 5.89 Å². The Hall–Kier alpha value is -2.26. The molecule has 0 saturated carbocycles. The van der Waals surface area contributed by atoms with Gasteiger partial charge >= 0.3 is 5.97 Å². The quantitative estimate of drug-likeness (QED) is 0.745. The number of nitrogens with one attached hydrogen (secondary N) is 1.